The molecule has 1 aromatic carbocycles. The van der Waals surface area contributed by atoms with E-state index in [0.29, 0.717) is 23.7 Å². The molecule has 37 heavy (non-hydrogen) atoms. The normalized spacial score (nSPS) is 13.7. The fourth-order valence-electron chi connectivity index (χ4n) is 4.74. The first-order valence-electron chi connectivity index (χ1n) is 15.7. The van der Waals surface area contributed by atoms with Gasteiger partial charge >= 0.3 is 0 Å². The molecule has 0 N–H and O–H groups in total. The zero-order valence-electron chi connectivity index (χ0n) is 25.0. The molecule has 0 aliphatic carbocycles. The van der Waals surface area contributed by atoms with Crippen LogP contribution in [0, 0.1) is 5.92 Å². The van der Waals surface area contributed by atoms with Gasteiger partial charge in [-0.15, -0.1) is 0 Å². The largest absolute Gasteiger partial charge is 0.327 e. The van der Waals surface area contributed by atoms with E-state index in [4.69, 9.17) is 14.2 Å². The Morgan fingerprint density at radius 3 is 1.76 bits per heavy atom. The average molecular weight is 631 g/mol. The Morgan fingerprint density at radius 2 is 1.22 bits per heavy atom. The van der Waals surface area contributed by atoms with E-state index in [0.717, 1.165) is 64.2 Å². The standard InChI is InChI=1S/C33H59IO3/c1-6-11-15-16-17-18-22-31(24-23-29-20-19-21-30(28-29)32(34)10-5)33(35-25-12-7-2,36-26-13-8-3)37-27-14-9-4/h19-21,28,31-32H,6-18,22-27H2,1-5H3. The van der Waals surface area contributed by atoms with E-state index in [2.05, 4.69) is 81.5 Å². The van der Waals surface area contributed by atoms with Gasteiger partial charge in [-0.2, -0.15) is 0 Å². The Bertz CT molecular complexity index is 624. The van der Waals surface area contributed by atoms with E-state index in [-0.39, 0.29) is 5.92 Å². The van der Waals surface area contributed by atoms with E-state index in [1.54, 1.807) is 0 Å². The van der Waals surface area contributed by atoms with Crippen LogP contribution in [0.2, 0.25) is 0 Å². The van der Waals surface area contributed by atoms with Crippen LogP contribution in [-0.4, -0.2) is 25.8 Å². The molecule has 1 rings (SSSR count). The SMILES string of the molecule is CCCCCCCCC(CCc1cccc(C(I)CC)c1)C(OCCCC)(OCCCC)OCCCC. The summed E-state index contributed by atoms with van der Waals surface area (Å²) < 4.78 is 20.5. The Balaban J connectivity index is 3.13. The van der Waals surface area contributed by atoms with Crippen molar-refractivity contribution in [1.29, 1.82) is 0 Å². The maximum Gasteiger partial charge on any atom is 0.285 e. The van der Waals surface area contributed by atoms with Crippen molar-refractivity contribution in [1.82, 2.24) is 0 Å². The van der Waals surface area contributed by atoms with Crippen LogP contribution >= 0.6 is 22.6 Å². The number of unbranched alkanes of at least 4 members (excludes halogenated alkanes) is 8. The van der Waals surface area contributed by atoms with Crippen molar-refractivity contribution in [3.8, 4) is 0 Å². The van der Waals surface area contributed by atoms with Crippen LogP contribution in [-0.2, 0) is 20.6 Å². The van der Waals surface area contributed by atoms with E-state index in [9.17, 15) is 0 Å². The molecule has 0 heterocycles. The molecule has 0 saturated carbocycles. The van der Waals surface area contributed by atoms with Gasteiger partial charge in [-0.3, -0.25) is 0 Å². The molecule has 2 atom stereocenters. The lowest BCUT2D eigenvalue weighted by Crippen LogP contribution is -2.47. The van der Waals surface area contributed by atoms with Crippen molar-refractivity contribution >= 4 is 22.6 Å². The van der Waals surface area contributed by atoms with Gasteiger partial charge in [0.15, 0.2) is 0 Å². The second-order valence-corrected chi connectivity index (χ2v) is 12.1. The highest BCUT2D eigenvalue weighted by atomic mass is 127. The van der Waals surface area contributed by atoms with Crippen LogP contribution in [0.15, 0.2) is 24.3 Å². The van der Waals surface area contributed by atoms with Crippen LogP contribution in [0.1, 0.15) is 146 Å². The molecule has 0 aromatic heterocycles. The van der Waals surface area contributed by atoms with Gasteiger partial charge in [0.2, 0.25) is 0 Å². The van der Waals surface area contributed by atoms with Gasteiger partial charge < -0.3 is 14.2 Å². The number of hydrogen-bond acceptors (Lipinski definition) is 3. The van der Waals surface area contributed by atoms with Crippen molar-refractivity contribution in [3.05, 3.63) is 35.4 Å². The number of hydrogen-bond donors (Lipinski definition) is 0. The number of benzene rings is 1. The van der Waals surface area contributed by atoms with E-state index < -0.39 is 5.97 Å². The van der Waals surface area contributed by atoms with E-state index in [1.807, 2.05) is 0 Å². The highest BCUT2D eigenvalue weighted by Gasteiger charge is 2.42. The molecule has 216 valence electrons. The molecule has 1 aromatic rings. The monoisotopic (exact) mass is 630 g/mol. The third kappa shape index (κ3) is 14.7. The summed E-state index contributed by atoms with van der Waals surface area (Å²) in [6.45, 7) is 13.3. The second-order valence-electron chi connectivity index (χ2n) is 10.6. The lowest BCUT2D eigenvalue weighted by atomic mass is 9.90. The maximum atomic E-state index is 6.64. The molecule has 0 aliphatic rings. The summed E-state index contributed by atoms with van der Waals surface area (Å²) >= 11 is 2.57. The first-order chi connectivity index (χ1) is 18.1. The molecule has 0 amide bonds. The molecule has 0 fully saturated rings. The Labute approximate surface area is 244 Å². The molecule has 2 unspecified atom stereocenters. The number of rotatable bonds is 25. The first-order valence-corrected chi connectivity index (χ1v) is 17.0. The fourth-order valence-corrected chi connectivity index (χ4v) is 5.13. The first kappa shape index (κ1) is 34.9. The molecule has 3 nitrogen and oxygen atoms in total. The van der Waals surface area contributed by atoms with E-state index in [1.165, 1.54) is 49.7 Å². The van der Waals surface area contributed by atoms with Crippen LogP contribution in [0.3, 0.4) is 0 Å². The number of halogens is 1. The van der Waals surface area contributed by atoms with Crippen molar-refractivity contribution in [2.75, 3.05) is 19.8 Å². The van der Waals surface area contributed by atoms with Gasteiger partial charge in [0.1, 0.15) is 0 Å². The summed E-state index contributed by atoms with van der Waals surface area (Å²) in [4.78, 5) is 0. The molecule has 0 saturated heterocycles. The molecule has 4 heteroatoms. The lowest BCUT2D eigenvalue weighted by molar-refractivity contribution is -0.407. The minimum atomic E-state index is -0.921. The topological polar surface area (TPSA) is 27.7 Å². The minimum absolute atomic E-state index is 0.231. The summed E-state index contributed by atoms with van der Waals surface area (Å²) in [5.41, 5.74) is 2.86. The highest BCUT2D eigenvalue weighted by molar-refractivity contribution is 14.1. The molecule has 0 radical (unpaired) electrons. The fraction of sp³-hybridized carbons (Fsp3) is 0.818. The summed E-state index contributed by atoms with van der Waals surface area (Å²) in [6, 6.07) is 9.21. The summed E-state index contributed by atoms with van der Waals surface area (Å²) in [5, 5.41) is 0. The van der Waals surface area contributed by atoms with Gasteiger partial charge in [-0.25, -0.2) is 0 Å². The summed E-state index contributed by atoms with van der Waals surface area (Å²) in [5.74, 6) is -0.690. The van der Waals surface area contributed by atoms with Crippen molar-refractivity contribution in [2.45, 2.75) is 147 Å². The van der Waals surface area contributed by atoms with Gasteiger partial charge in [0.05, 0.1) is 19.8 Å². The molecular formula is C33H59IO3. The zero-order valence-corrected chi connectivity index (χ0v) is 27.2. The Morgan fingerprint density at radius 1 is 0.676 bits per heavy atom. The minimum Gasteiger partial charge on any atom is -0.327 e. The number of alkyl halides is 1. The van der Waals surface area contributed by atoms with Crippen molar-refractivity contribution in [3.63, 3.8) is 0 Å². The number of ether oxygens (including phenoxy) is 3. The Hall–Kier alpha value is -0.170. The molecule has 0 bridgehead atoms. The van der Waals surface area contributed by atoms with Crippen LogP contribution in [0.4, 0.5) is 0 Å². The molecule has 0 spiro atoms. The highest BCUT2D eigenvalue weighted by Crippen LogP contribution is 2.36. The van der Waals surface area contributed by atoms with Gasteiger partial charge in [-0.1, -0.05) is 139 Å². The van der Waals surface area contributed by atoms with Gasteiger partial charge in [0.25, 0.3) is 5.97 Å². The molecule has 0 aliphatic heterocycles. The van der Waals surface area contributed by atoms with Gasteiger partial charge in [-0.05, 0) is 56.1 Å². The van der Waals surface area contributed by atoms with Crippen molar-refractivity contribution < 1.29 is 14.2 Å². The second kappa shape index (κ2) is 22.6. The van der Waals surface area contributed by atoms with Crippen LogP contribution in [0.5, 0.6) is 0 Å². The smallest absolute Gasteiger partial charge is 0.285 e. The summed E-state index contributed by atoms with van der Waals surface area (Å²) in [7, 11) is 0. The third-order valence-electron chi connectivity index (χ3n) is 7.26. The number of aryl methyl sites for hydroxylation is 1. The quantitative estimate of drug-likeness (QED) is 0.0466. The average Bonchev–Trinajstić information content (AvgIpc) is 2.92. The predicted molar refractivity (Wildman–Crippen MR) is 169 cm³/mol. The zero-order chi connectivity index (χ0) is 27.2. The molecular weight excluding hydrogens is 571 g/mol. The third-order valence-corrected chi connectivity index (χ3v) is 8.86. The Kier molecular flexibility index (Phi) is 21.3. The predicted octanol–water partition coefficient (Wildman–Crippen LogP) is 11.0. The lowest BCUT2D eigenvalue weighted by Gasteiger charge is -2.40. The summed E-state index contributed by atoms with van der Waals surface area (Å²) in [6.07, 6.45) is 18.6. The maximum absolute atomic E-state index is 6.64. The van der Waals surface area contributed by atoms with Crippen molar-refractivity contribution in [2.24, 2.45) is 5.92 Å². The van der Waals surface area contributed by atoms with Crippen LogP contribution in [0.25, 0.3) is 0 Å². The van der Waals surface area contributed by atoms with E-state index >= 15 is 0 Å². The van der Waals surface area contributed by atoms with Crippen LogP contribution < -0.4 is 0 Å². The van der Waals surface area contributed by atoms with Gasteiger partial charge in [0, 0.05) is 9.84 Å².